The third-order valence-electron chi connectivity index (χ3n) is 6.58. The molecule has 0 atom stereocenters. The predicted octanol–water partition coefficient (Wildman–Crippen LogP) is 6.31. The number of hydrogen-bond acceptors (Lipinski definition) is 4. The first-order valence-electron chi connectivity index (χ1n) is 11.6. The Morgan fingerprint density at radius 2 is 0.821 bits per heavy atom. The average Bonchev–Trinajstić information content (AvgIpc) is 2.75. The number of ether oxygens (including phenoxy) is 2. The van der Waals surface area contributed by atoms with E-state index in [0.717, 1.165) is 37.5 Å². The van der Waals surface area contributed by atoms with Crippen LogP contribution in [0.5, 0.6) is 0 Å². The molecule has 3 saturated carbocycles. The fourth-order valence-electron chi connectivity index (χ4n) is 4.51. The summed E-state index contributed by atoms with van der Waals surface area (Å²) in [6, 6.07) is 0. The number of rotatable bonds is 2. The smallest absolute Gasteiger partial charge is 0.308 e. The third kappa shape index (κ3) is 10.5. The van der Waals surface area contributed by atoms with Crippen molar-refractivity contribution in [1.82, 2.24) is 0 Å². The molecule has 0 aliphatic heterocycles. The highest BCUT2D eigenvalue weighted by molar-refractivity contribution is 5.75. The van der Waals surface area contributed by atoms with E-state index < -0.39 is 0 Å². The zero-order valence-corrected chi connectivity index (χ0v) is 18.8. The summed E-state index contributed by atoms with van der Waals surface area (Å²) >= 11 is 0. The molecule has 3 fully saturated rings. The maximum Gasteiger partial charge on any atom is 0.308 e. The van der Waals surface area contributed by atoms with Crippen LogP contribution in [0.1, 0.15) is 104 Å². The van der Waals surface area contributed by atoms with E-state index >= 15 is 0 Å². The monoisotopic (exact) mass is 396 g/mol. The Hall–Kier alpha value is -1.06. The van der Waals surface area contributed by atoms with E-state index in [2.05, 4.69) is 23.3 Å². The van der Waals surface area contributed by atoms with E-state index in [1.54, 1.807) is 0 Å². The molecule has 0 unspecified atom stereocenters. The number of methoxy groups -OCH3 is 2. The molecule has 164 valence electrons. The van der Waals surface area contributed by atoms with Crippen LogP contribution in [0.15, 0.2) is 0 Å². The highest BCUT2D eigenvalue weighted by Crippen LogP contribution is 2.30. The van der Waals surface area contributed by atoms with Crippen LogP contribution >= 0.6 is 0 Å². The van der Waals surface area contributed by atoms with Gasteiger partial charge in [-0.3, -0.25) is 9.59 Å². The Morgan fingerprint density at radius 1 is 0.536 bits per heavy atom. The van der Waals surface area contributed by atoms with E-state index in [9.17, 15) is 9.59 Å². The second kappa shape index (κ2) is 14.9. The van der Waals surface area contributed by atoms with Gasteiger partial charge in [0.1, 0.15) is 0 Å². The van der Waals surface area contributed by atoms with E-state index in [0.29, 0.717) is 0 Å². The SMILES string of the molecule is CC1CCCCC1.CC1CCCCC1.COC(=O)C1CCC(C(=O)OC)CC1. The first-order valence-corrected chi connectivity index (χ1v) is 11.6. The molecule has 4 heteroatoms. The van der Waals surface area contributed by atoms with Crippen LogP contribution in [-0.2, 0) is 19.1 Å². The molecular formula is C24H44O4. The molecule has 3 rings (SSSR count). The minimum Gasteiger partial charge on any atom is -0.469 e. The molecule has 0 aromatic heterocycles. The van der Waals surface area contributed by atoms with Crippen LogP contribution in [0.2, 0.25) is 0 Å². The lowest BCUT2D eigenvalue weighted by Gasteiger charge is -2.24. The molecular weight excluding hydrogens is 352 g/mol. The summed E-state index contributed by atoms with van der Waals surface area (Å²) in [5, 5.41) is 0. The molecule has 3 aliphatic rings. The summed E-state index contributed by atoms with van der Waals surface area (Å²) < 4.78 is 9.31. The van der Waals surface area contributed by atoms with Gasteiger partial charge in [-0.2, -0.15) is 0 Å². The lowest BCUT2D eigenvalue weighted by atomic mass is 9.82. The second-order valence-corrected chi connectivity index (χ2v) is 9.08. The van der Waals surface area contributed by atoms with Crippen LogP contribution in [0, 0.1) is 23.7 Å². The molecule has 0 aromatic carbocycles. The van der Waals surface area contributed by atoms with E-state index in [4.69, 9.17) is 0 Å². The van der Waals surface area contributed by atoms with Gasteiger partial charge in [-0.1, -0.05) is 78.1 Å². The number of esters is 2. The Kier molecular flexibility index (Phi) is 13.3. The highest BCUT2D eigenvalue weighted by atomic mass is 16.5. The van der Waals surface area contributed by atoms with Crippen molar-refractivity contribution >= 4 is 11.9 Å². The fraction of sp³-hybridized carbons (Fsp3) is 0.917. The molecule has 0 heterocycles. The number of hydrogen-bond donors (Lipinski definition) is 0. The van der Waals surface area contributed by atoms with Crippen LogP contribution in [0.25, 0.3) is 0 Å². The van der Waals surface area contributed by atoms with Gasteiger partial charge < -0.3 is 9.47 Å². The zero-order chi connectivity index (χ0) is 20.8. The van der Waals surface area contributed by atoms with Gasteiger partial charge in [0.05, 0.1) is 26.1 Å². The maximum absolute atomic E-state index is 11.2. The minimum absolute atomic E-state index is 0.0269. The Balaban J connectivity index is 0.000000233. The van der Waals surface area contributed by atoms with E-state index in [1.807, 2.05) is 0 Å². The first kappa shape index (κ1) is 25.0. The lowest BCUT2D eigenvalue weighted by Crippen LogP contribution is -2.27. The van der Waals surface area contributed by atoms with Crippen molar-refractivity contribution in [1.29, 1.82) is 0 Å². The Labute approximate surface area is 173 Å². The van der Waals surface area contributed by atoms with Gasteiger partial charge in [-0.15, -0.1) is 0 Å². The topological polar surface area (TPSA) is 52.6 Å². The van der Waals surface area contributed by atoms with Crippen molar-refractivity contribution in [3.05, 3.63) is 0 Å². The summed E-state index contributed by atoms with van der Waals surface area (Å²) in [4.78, 5) is 22.3. The molecule has 0 saturated heterocycles. The molecule has 4 nitrogen and oxygen atoms in total. The summed E-state index contributed by atoms with van der Waals surface area (Å²) in [5.74, 6) is 1.70. The van der Waals surface area contributed by atoms with Gasteiger partial charge >= 0.3 is 11.9 Å². The third-order valence-corrected chi connectivity index (χ3v) is 6.58. The maximum atomic E-state index is 11.2. The minimum atomic E-state index is -0.159. The first-order chi connectivity index (χ1) is 13.5. The molecule has 28 heavy (non-hydrogen) atoms. The van der Waals surface area contributed by atoms with E-state index in [1.165, 1.54) is 78.4 Å². The number of carbonyl (C=O) groups is 2. The van der Waals surface area contributed by atoms with Gasteiger partial charge in [0, 0.05) is 0 Å². The van der Waals surface area contributed by atoms with Gasteiger partial charge in [0.25, 0.3) is 0 Å². The predicted molar refractivity (Wildman–Crippen MR) is 114 cm³/mol. The molecule has 0 aromatic rings. The van der Waals surface area contributed by atoms with E-state index in [-0.39, 0.29) is 23.8 Å². The molecule has 0 spiro atoms. The molecule has 0 radical (unpaired) electrons. The highest BCUT2D eigenvalue weighted by Gasteiger charge is 2.30. The molecule has 0 bridgehead atoms. The molecule has 0 amide bonds. The standard InChI is InChI=1S/C10H16O4.2C7H14/c1-13-9(11)7-3-5-8(6-4-7)10(12)14-2;2*1-7-5-3-2-4-6-7/h7-8H,3-6H2,1-2H3;2*7H,2-6H2,1H3. The summed E-state index contributed by atoms with van der Waals surface area (Å²) in [5.41, 5.74) is 0. The van der Waals surface area contributed by atoms with Crippen molar-refractivity contribution in [2.24, 2.45) is 23.7 Å². The quantitative estimate of drug-likeness (QED) is 0.513. The van der Waals surface area contributed by atoms with Crippen molar-refractivity contribution in [3.8, 4) is 0 Å². The second-order valence-electron chi connectivity index (χ2n) is 9.08. The largest absolute Gasteiger partial charge is 0.469 e. The lowest BCUT2D eigenvalue weighted by molar-refractivity contribution is -0.151. The van der Waals surface area contributed by atoms with Crippen LogP contribution in [0.3, 0.4) is 0 Å². The van der Waals surface area contributed by atoms with Gasteiger partial charge in [0.2, 0.25) is 0 Å². The van der Waals surface area contributed by atoms with Crippen molar-refractivity contribution < 1.29 is 19.1 Å². The van der Waals surface area contributed by atoms with Crippen LogP contribution in [-0.4, -0.2) is 26.2 Å². The fourth-order valence-corrected chi connectivity index (χ4v) is 4.51. The normalized spacial score (nSPS) is 26.0. The van der Waals surface area contributed by atoms with Crippen molar-refractivity contribution in [2.45, 2.75) is 104 Å². The summed E-state index contributed by atoms with van der Waals surface area (Å²) in [6.07, 6.45) is 17.8. The van der Waals surface area contributed by atoms with Crippen LogP contribution in [0.4, 0.5) is 0 Å². The van der Waals surface area contributed by atoms with Crippen LogP contribution < -0.4 is 0 Å². The van der Waals surface area contributed by atoms with Gasteiger partial charge in [-0.05, 0) is 37.5 Å². The number of carbonyl (C=O) groups excluding carboxylic acids is 2. The molecule has 0 N–H and O–H groups in total. The molecule has 3 aliphatic carbocycles. The summed E-state index contributed by atoms with van der Waals surface area (Å²) in [7, 11) is 2.80. The summed E-state index contributed by atoms with van der Waals surface area (Å²) in [6.45, 7) is 4.72. The van der Waals surface area contributed by atoms with Crippen molar-refractivity contribution in [3.63, 3.8) is 0 Å². The zero-order valence-electron chi connectivity index (χ0n) is 18.8. The Morgan fingerprint density at radius 3 is 1.00 bits per heavy atom. The van der Waals surface area contributed by atoms with Crippen molar-refractivity contribution in [2.75, 3.05) is 14.2 Å². The van der Waals surface area contributed by atoms with Gasteiger partial charge in [-0.25, -0.2) is 0 Å². The van der Waals surface area contributed by atoms with Gasteiger partial charge in [0.15, 0.2) is 0 Å². The Bertz CT molecular complexity index is 374. The average molecular weight is 397 g/mol.